The lowest BCUT2D eigenvalue weighted by molar-refractivity contribution is 0.450. The van der Waals surface area contributed by atoms with E-state index in [9.17, 15) is 0 Å². The quantitative estimate of drug-likeness (QED) is 0.806. The van der Waals surface area contributed by atoms with E-state index in [1.165, 1.54) is 31.4 Å². The topological polar surface area (TPSA) is 42.2 Å². The molecule has 0 aliphatic carbocycles. The second kappa shape index (κ2) is 4.51. The first-order valence-corrected chi connectivity index (χ1v) is 5.79. The zero-order chi connectivity index (χ0) is 10.7. The highest BCUT2D eigenvalue weighted by molar-refractivity contribution is 5.53. The van der Waals surface area contributed by atoms with E-state index in [0.717, 1.165) is 6.54 Å². The fourth-order valence-corrected chi connectivity index (χ4v) is 2.38. The monoisotopic (exact) mass is 205 g/mol. The van der Waals surface area contributed by atoms with Crippen LogP contribution in [-0.4, -0.2) is 17.6 Å². The molecule has 0 amide bonds. The maximum Gasteiger partial charge on any atom is 0.125 e. The first-order chi connectivity index (χ1) is 7.31. The molecule has 15 heavy (non-hydrogen) atoms. The largest absolute Gasteiger partial charge is 0.384 e. The summed E-state index contributed by atoms with van der Waals surface area (Å²) < 4.78 is 0. The Morgan fingerprint density at radius 3 is 3.13 bits per heavy atom. The van der Waals surface area contributed by atoms with Crippen molar-refractivity contribution in [1.82, 2.24) is 4.98 Å². The van der Waals surface area contributed by atoms with E-state index >= 15 is 0 Å². The van der Waals surface area contributed by atoms with Crippen LogP contribution in [-0.2, 0) is 0 Å². The molecule has 2 rings (SSSR count). The van der Waals surface area contributed by atoms with Gasteiger partial charge in [0.05, 0.1) is 0 Å². The molecule has 0 bridgehead atoms. The lowest BCUT2D eigenvalue weighted by Gasteiger charge is -2.37. The molecule has 1 unspecified atom stereocenters. The molecule has 1 aliphatic rings. The van der Waals surface area contributed by atoms with Crippen LogP contribution < -0.4 is 10.6 Å². The number of hydrogen-bond acceptors (Lipinski definition) is 3. The van der Waals surface area contributed by atoms with Crippen molar-refractivity contribution in [1.29, 1.82) is 0 Å². The van der Waals surface area contributed by atoms with Crippen molar-refractivity contribution in [3.8, 4) is 0 Å². The zero-order valence-corrected chi connectivity index (χ0v) is 9.32. The Hall–Kier alpha value is -1.25. The molecule has 0 spiro atoms. The fraction of sp³-hybridized carbons (Fsp3) is 0.583. The van der Waals surface area contributed by atoms with Crippen LogP contribution in [0.15, 0.2) is 18.3 Å². The molecule has 1 saturated heterocycles. The third kappa shape index (κ3) is 2.22. The smallest absolute Gasteiger partial charge is 0.125 e. The zero-order valence-electron chi connectivity index (χ0n) is 9.32. The van der Waals surface area contributed by atoms with Crippen molar-refractivity contribution < 1.29 is 0 Å². The van der Waals surface area contributed by atoms with Crippen LogP contribution in [0.1, 0.15) is 32.6 Å². The molecule has 0 radical (unpaired) electrons. The number of hydrogen-bond donors (Lipinski definition) is 1. The minimum Gasteiger partial charge on any atom is -0.384 e. The van der Waals surface area contributed by atoms with Gasteiger partial charge in [-0.25, -0.2) is 4.98 Å². The van der Waals surface area contributed by atoms with Crippen molar-refractivity contribution in [2.45, 2.75) is 38.6 Å². The molecule has 0 saturated carbocycles. The van der Waals surface area contributed by atoms with Crippen LogP contribution in [0.25, 0.3) is 0 Å². The summed E-state index contributed by atoms with van der Waals surface area (Å²) >= 11 is 0. The van der Waals surface area contributed by atoms with Crippen LogP contribution >= 0.6 is 0 Å². The predicted molar refractivity (Wildman–Crippen MR) is 63.9 cm³/mol. The standard InChI is InChI=1S/C12H19N3/c1-2-10-5-3-4-8-15(10)11-6-7-14-12(13)9-11/h6-7,9-10H,2-5,8H2,1H3,(H2,13,14). The average molecular weight is 205 g/mol. The van der Waals surface area contributed by atoms with Gasteiger partial charge in [-0.05, 0) is 31.7 Å². The van der Waals surface area contributed by atoms with Gasteiger partial charge < -0.3 is 10.6 Å². The highest BCUT2D eigenvalue weighted by atomic mass is 15.2. The predicted octanol–water partition coefficient (Wildman–Crippen LogP) is 2.43. The SMILES string of the molecule is CCC1CCCCN1c1ccnc(N)c1. The maximum absolute atomic E-state index is 5.71. The number of aromatic nitrogens is 1. The molecule has 2 heterocycles. The maximum atomic E-state index is 5.71. The van der Waals surface area contributed by atoms with Gasteiger partial charge in [-0.1, -0.05) is 6.92 Å². The Kier molecular flexibility index (Phi) is 3.09. The summed E-state index contributed by atoms with van der Waals surface area (Å²) in [4.78, 5) is 6.51. The third-order valence-electron chi connectivity index (χ3n) is 3.19. The highest BCUT2D eigenvalue weighted by Gasteiger charge is 2.20. The Balaban J connectivity index is 2.20. The van der Waals surface area contributed by atoms with Gasteiger partial charge in [0.15, 0.2) is 0 Å². The summed E-state index contributed by atoms with van der Waals surface area (Å²) in [6, 6.07) is 4.72. The Bertz CT molecular complexity index is 324. The molecular formula is C12H19N3. The normalized spacial score (nSPS) is 21.7. The summed E-state index contributed by atoms with van der Waals surface area (Å²) in [5.41, 5.74) is 6.94. The first kappa shape index (κ1) is 10.3. The lowest BCUT2D eigenvalue weighted by Crippen LogP contribution is -2.39. The molecule has 1 aromatic heterocycles. The minimum atomic E-state index is 0.618. The van der Waals surface area contributed by atoms with E-state index < -0.39 is 0 Å². The fourth-order valence-electron chi connectivity index (χ4n) is 2.38. The molecule has 1 atom stereocenters. The second-order valence-electron chi connectivity index (χ2n) is 4.19. The average Bonchev–Trinajstić information content (AvgIpc) is 2.29. The number of piperidine rings is 1. The summed E-state index contributed by atoms with van der Waals surface area (Å²) in [6.45, 7) is 3.41. The number of nitrogen functional groups attached to an aromatic ring is 1. The van der Waals surface area contributed by atoms with E-state index in [1.54, 1.807) is 6.20 Å². The van der Waals surface area contributed by atoms with Gasteiger partial charge in [0.2, 0.25) is 0 Å². The van der Waals surface area contributed by atoms with Gasteiger partial charge in [0.1, 0.15) is 5.82 Å². The Labute approximate surface area is 91.3 Å². The van der Waals surface area contributed by atoms with Gasteiger partial charge in [0.25, 0.3) is 0 Å². The van der Waals surface area contributed by atoms with Crippen LogP contribution in [0.5, 0.6) is 0 Å². The number of pyridine rings is 1. The van der Waals surface area contributed by atoms with Crippen molar-refractivity contribution in [3.05, 3.63) is 18.3 Å². The molecule has 1 aliphatic heterocycles. The molecule has 0 aromatic carbocycles. The molecule has 1 aromatic rings. The van der Waals surface area contributed by atoms with Crippen LogP contribution in [0.2, 0.25) is 0 Å². The number of rotatable bonds is 2. The van der Waals surface area contributed by atoms with E-state index in [1.807, 2.05) is 6.07 Å². The van der Waals surface area contributed by atoms with Crippen LogP contribution in [0.3, 0.4) is 0 Å². The third-order valence-corrected chi connectivity index (χ3v) is 3.19. The molecular weight excluding hydrogens is 186 g/mol. The van der Waals surface area contributed by atoms with Gasteiger partial charge in [-0.3, -0.25) is 0 Å². The van der Waals surface area contributed by atoms with E-state index in [-0.39, 0.29) is 0 Å². The van der Waals surface area contributed by atoms with E-state index in [4.69, 9.17) is 5.73 Å². The Morgan fingerprint density at radius 2 is 2.40 bits per heavy atom. The summed E-state index contributed by atoms with van der Waals surface area (Å²) in [7, 11) is 0. The highest BCUT2D eigenvalue weighted by Crippen LogP contribution is 2.26. The van der Waals surface area contributed by atoms with Crippen molar-refractivity contribution in [2.24, 2.45) is 0 Å². The van der Waals surface area contributed by atoms with Crippen molar-refractivity contribution in [2.75, 3.05) is 17.2 Å². The summed E-state index contributed by atoms with van der Waals surface area (Å²) in [5.74, 6) is 0.618. The van der Waals surface area contributed by atoms with Crippen LogP contribution in [0.4, 0.5) is 11.5 Å². The number of anilines is 2. The first-order valence-electron chi connectivity index (χ1n) is 5.79. The van der Waals surface area contributed by atoms with Gasteiger partial charge >= 0.3 is 0 Å². The molecule has 3 nitrogen and oxygen atoms in total. The van der Waals surface area contributed by atoms with Crippen molar-refractivity contribution >= 4 is 11.5 Å². The van der Waals surface area contributed by atoms with E-state index in [0.29, 0.717) is 11.9 Å². The number of nitrogens with two attached hydrogens (primary N) is 1. The minimum absolute atomic E-state index is 0.618. The van der Waals surface area contributed by atoms with Gasteiger partial charge in [-0.15, -0.1) is 0 Å². The second-order valence-corrected chi connectivity index (χ2v) is 4.19. The molecule has 2 N–H and O–H groups in total. The van der Waals surface area contributed by atoms with Crippen molar-refractivity contribution in [3.63, 3.8) is 0 Å². The molecule has 3 heteroatoms. The van der Waals surface area contributed by atoms with Gasteiger partial charge in [0, 0.05) is 30.5 Å². The van der Waals surface area contributed by atoms with E-state index in [2.05, 4.69) is 22.9 Å². The molecule has 1 fully saturated rings. The summed E-state index contributed by atoms with van der Waals surface area (Å²) in [5, 5.41) is 0. The van der Waals surface area contributed by atoms with Gasteiger partial charge in [-0.2, -0.15) is 0 Å². The summed E-state index contributed by atoms with van der Waals surface area (Å²) in [6.07, 6.45) is 6.96. The van der Waals surface area contributed by atoms with Crippen LogP contribution in [0, 0.1) is 0 Å². The Morgan fingerprint density at radius 1 is 1.53 bits per heavy atom. The molecule has 82 valence electrons. The number of nitrogens with zero attached hydrogens (tertiary/aromatic N) is 2. The lowest BCUT2D eigenvalue weighted by atomic mass is 9.99.